The Labute approximate surface area is 116 Å². The molecule has 0 radical (unpaired) electrons. The van der Waals surface area contributed by atoms with E-state index in [-0.39, 0.29) is 19.1 Å². The van der Waals surface area contributed by atoms with Crippen LogP contribution in [0.1, 0.15) is 30.9 Å². The zero-order valence-corrected chi connectivity index (χ0v) is 11.6. The summed E-state index contributed by atoms with van der Waals surface area (Å²) in [7, 11) is 1.62. The van der Waals surface area contributed by atoms with Gasteiger partial charge < -0.3 is 15.3 Å². The lowest BCUT2D eigenvalue weighted by molar-refractivity contribution is -0.153. The number of carboxylic acid groups (broad SMARTS) is 1. The van der Waals surface area contributed by atoms with Gasteiger partial charge in [-0.1, -0.05) is 6.42 Å². The molecule has 3 N–H and O–H groups in total. The third-order valence-electron chi connectivity index (χ3n) is 3.71. The number of nitrogens with zero attached hydrogens (tertiary/aromatic N) is 3. The summed E-state index contributed by atoms with van der Waals surface area (Å²) in [5, 5.41) is 18.5. The zero-order valence-electron chi connectivity index (χ0n) is 11.6. The SMILES string of the molecule is Cc1nc(CN(C)C(=O)NCC2(C(=O)O)CCC2)n[nH]1. The van der Waals surface area contributed by atoms with Gasteiger partial charge in [-0.2, -0.15) is 5.10 Å². The van der Waals surface area contributed by atoms with Crippen LogP contribution in [0, 0.1) is 12.3 Å². The van der Waals surface area contributed by atoms with Crippen molar-refractivity contribution in [3.05, 3.63) is 11.6 Å². The van der Waals surface area contributed by atoms with E-state index in [4.69, 9.17) is 0 Å². The maximum Gasteiger partial charge on any atom is 0.317 e. The van der Waals surface area contributed by atoms with Crippen molar-refractivity contribution in [3.8, 4) is 0 Å². The molecule has 1 fully saturated rings. The summed E-state index contributed by atoms with van der Waals surface area (Å²) in [4.78, 5) is 28.7. The first-order valence-corrected chi connectivity index (χ1v) is 6.53. The van der Waals surface area contributed by atoms with Gasteiger partial charge in [-0.05, 0) is 19.8 Å². The predicted molar refractivity (Wildman–Crippen MR) is 69.9 cm³/mol. The molecule has 8 nitrogen and oxygen atoms in total. The van der Waals surface area contributed by atoms with Crippen molar-refractivity contribution in [2.24, 2.45) is 5.41 Å². The fourth-order valence-electron chi connectivity index (χ4n) is 2.19. The number of hydrogen-bond acceptors (Lipinski definition) is 4. The second-order valence-electron chi connectivity index (χ2n) is 5.29. The highest BCUT2D eigenvalue weighted by Crippen LogP contribution is 2.40. The third-order valence-corrected chi connectivity index (χ3v) is 3.71. The van der Waals surface area contributed by atoms with Crippen LogP contribution < -0.4 is 5.32 Å². The van der Waals surface area contributed by atoms with E-state index < -0.39 is 11.4 Å². The maximum atomic E-state index is 11.9. The molecule has 0 unspecified atom stereocenters. The summed E-state index contributed by atoms with van der Waals surface area (Å²) in [6.07, 6.45) is 2.13. The number of hydrogen-bond donors (Lipinski definition) is 3. The molecule has 1 aliphatic carbocycles. The first-order chi connectivity index (χ1) is 9.43. The number of rotatable bonds is 5. The minimum atomic E-state index is -0.837. The number of carboxylic acids is 1. The Hall–Kier alpha value is -2.12. The number of H-pyrrole nitrogens is 1. The molecule has 1 heterocycles. The molecule has 2 amide bonds. The molecule has 1 aromatic rings. The smallest absolute Gasteiger partial charge is 0.317 e. The highest BCUT2D eigenvalue weighted by Gasteiger charge is 2.44. The summed E-state index contributed by atoms with van der Waals surface area (Å²) < 4.78 is 0. The number of aliphatic carboxylic acids is 1. The Kier molecular flexibility index (Phi) is 3.91. The number of amides is 2. The normalized spacial score (nSPS) is 16.3. The molecule has 110 valence electrons. The Morgan fingerprint density at radius 3 is 2.65 bits per heavy atom. The quantitative estimate of drug-likeness (QED) is 0.728. The van der Waals surface area contributed by atoms with Gasteiger partial charge in [0.05, 0.1) is 12.0 Å². The van der Waals surface area contributed by atoms with Gasteiger partial charge in [0, 0.05) is 13.6 Å². The standard InChI is InChI=1S/C12H19N5O3/c1-8-14-9(16-15-8)6-17(2)11(20)13-7-12(10(18)19)4-3-5-12/h3-7H2,1-2H3,(H,13,20)(H,18,19)(H,14,15,16). The van der Waals surface area contributed by atoms with Gasteiger partial charge in [-0.25, -0.2) is 9.78 Å². The van der Waals surface area contributed by atoms with Crippen LogP contribution in [0.4, 0.5) is 4.79 Å². The number of carbonyl (C=O) groups is 2. The first kappa shape index (κ1) is 14.3. The largest absolute Gasteiger partial charge is 0.481 e. The van der Waals surface area contributed by atoms with Gasteiger partial charge >= 0.3 is 12.0 Å². The van der Waals surface area contributed by atoms with Crippen LogP contribution in [0.3, 0.4) is 0 Å². The van der Waals surface area contributed by atoms with Gasteiger partial charge in [0.2, 0.25) is 0 Å². The number of urea groups is 1. The Bertz CT molecular complexity index is 509. The van der Waals surface area contributed by atoms with Crippen molar-refractivity contribution in [2.45, 2.75) is 32.7 Å². The molecule has 0 aliphatic heterocycles. The lowest BCUT2D eigenvalue weighted by Gasteiger charge is -2.37. The maximum absolute atomic E-state index is 11.9. The summed E-state index contributed by atoms with van der Waals surface area (Å²) in [6, 6.07) is -0.319. The highest BCUT2D eigenvalue weighted by molar-refractivity contribution is 5.78. The molecule has 0 aromatic carbocycles. The van der Waals surface area contributed by atoms with Crippen molar-refractivity contribution in [1.82, 2.24) is 25.4 Å². The molecule has 1 saturated carbocycles. The van der Waals surface area contributed by atoms with Crippen LogP contribution in [0.25, 0.3) is 0 Å². The van der Waals surface area contributed by atoms with Crippen LogP contribution >= 0.6 is 0 Å². The van der Waals surface area contributed by atoms with E-state index in [2.05, 4.69) is 20.5 Å². The average molecular weight is 281 g/mol. The Balaban J connectivity index is 1.83. The molecule has 0 spiro atoms. The molecule has 0 saturated heterocycles. The van der Waals surface area contributed by atoms with Gasteiger partial charge in [0.25, 0.3) is 0 Å². The van der Waals surface area contributed by atoms with Crippen molar-refractivity contribution >= 4 is 12.0 Å². The monoisotopic (exact) mass is 281 g/mol. The molecule has 0 atom stereocenters. The molecule has 1 aromatic heterocycles. The first-order valence-electron chi connectivity index (χ1n) is 6.53. The van der Waals surface area contributed by atoms with Crippen molar-refractivity contribution in [1.29, 1.82) is 0 Å². The topological polar surface area (TPSA) is 111 Å². The van der Waals surface area contributed by atoms with Crippen LogP contribution in [-0.4, -0.2) is 50.8 Å². The highest BCUT2D eigenvalue weighted by atomic mass is 16.4. The van der Waals surface area contributed by atoms with E-state index in [0.717, 1.165) is 6.42 Å². The van der Waals surface area contributed by atoms with Crippen LogP contribution in [-0.2, 0) is 11.3 Å². The van der Waals surface area contributed by atoms with Crippen molar-refractivity contribution in [3.63, 3.8) is 0 Å². The van der Waals surface area contributed by atoms with E-state index in [0.29, 0.717) is 24.5 Å². The number of aryl methyl sites for hydroxylation is 1. The van der Waals surface area contributed by atoms with Gasteiger partial charge in [-0.15, -0.1) is 0 Å². The molecular weight excluding hydrogens is 262 g/mol. The minimum absolute atomic E-state index is 0.165. The van der Waals surface area contributed by atoms with E-state index in [1.165, 1.54) is 4.90 Å². The van der Waals surface area contributed by atoms with E-state index in [1.54, 1.807) is 14.0 Å². The predicted octanol–water partition coefficient (Wildman–Crippen LogP) is 0.509. The van der Waals surface area contributed by atoms with Crippen LogP contribution in [0.2, 0.25) is 0 Å². The van der Waals surface area contributed by atoms with E-state index in [9.17, 15) is 14.7 Å². The summed E-state index contributed by atoms with van der Waals surface area (Å²) >= 11 is 0. The number of nitrogens with one attached hydrogen (secondary N) is 2. The molecular formula is C12H19N5O3. The van der Waals surface area contributed by atoms with Crippen LogP contribution in [0.5, 0.6) is 0 Å². The lowest BCUT2D eigenvalue weighted by Crippen LogP contribution is -2.49. The van der Waals surface area contributed by atoms with Crippen molar-refractivity contribution < 1.29 is 14.7 Å². The molecule has 1 aliphatic rings. The number of aromatic amines is 1. The average Bonchev–Trinajstić information content (AvgIpc) is 2.72. The number of aromatic nitrogens is 3. The summed E-state index contributed by atoms with van der Waals surface area (Å²) in [5.74, 6) is 0.376. The zero-order chi connectivity index (χ0) is 14.8. The Morgan fingerprint density at radius 1 is 1.50 bits per heavy atom. The fourth-order valence-corrected chi connectivity index (χ4v) is 2.19. The van der Waals surface area contributed by atoms with E-state index in [1.807, 2.05) is 0 Å². The second kappa shape index (κ2) is 5.48. The molecule has 0 bridgehead atoms. The summed E-state index contributed by atoms with van der Waals surface area (Å²) in [6.45, 7) is 2.22. The molecule has 2 rings (SSSR count). The number of carbonyl (C=O) groups excluding carboxylic acids is 1. The molecule has 20 heavy (non-hydrogen) atoms. The van der Waals surface area contributed by atoms with Gasteiger partial charge in [-0.3, -0.25) is 9.89 Å². The summed E-state index contributed by atoms with van der Waals surface area (Å²) in [5.41, 5.74) is -0.780. The minimum Gasteiger partial charge on any atom is -0.481 e. The third kappa shape index (κ3) is 2.89. The fraction of sp³-hybridized carbons (Fsp3) is 0.667. The van der Waals surface area contributed by atoms with E-state index >= 15 is 0 Å². The van der Waals surface area contributed by atoms with Crippen LogP contribution in [0.15, 0.2) is 0 Å². The van der Waals surface area contributed by atoms with Gasteiger partial charge in [0.1, 0.15) is 5.82 Å². The second-order valence-corrected chi connectivity index (χ2v) is 5.29. The Morgan fingerprint density at radius 2 is 2.20 bits per heavy atom. The lowest BCUT2D eigenvalue weighted by atomic mass is 9.69. The van der Waals surface area contributed by atoms with Crippen molar-refractivity contribution in [2.75, 3.05) is 13.6 Å². The molecule has 8 heteroatoms. The van der Waals surface area contributed by atoms with Gasteiger partial charge in [0.15, 0.2) is 5.82 Å².